The SMILES string of the molecule is Cc1ccc(Cl)cc1N1CC[C@H](CNC(=O)[C@H]2CC(=O)N(C)C2)C1. The zero-order valence-corrected chi connectivity index (χ0v) is 15.0. The smallest absolute Gasteiger partial charge is 0.225 e. The van der Waals surface area contributed by atoms with Gasteiger partial charge in [-0.15, -0.1) is 0 Å². The van der Waals surface area contributed by atoms with Gasteiger partial charge in [-0.1, -0.05) is 17.7 Å². The lowest BCUT2D eigenvalue weighted by atomic mass is 10.1. The minimum absolute atomic E-state index is 0.00471. The van der Waals surface area contributed by atoms with Crippen molar-refractivity contribution in [3.05, 3.63) is 28.8 Å². The highest BCUT2D eigenvalue weighted by Crippen LogP contribution is 2.29. The summed E-state index contributed by atoms with van der Waals surface area (Å²) in [6.07, 6.45) is 1.39. The first-order valence-electron chi connectivity index (χ1n) is 8.47. The molecule has 2 aliphatic heterocycles. The van der Waals surface area contributed by atoms with Crippen LogP contribution < -0.4 is 10.2 Å². The molecule has 24 heavy (non-hydrogen) atoms. The van der Waals surface area contributed by atoms with E-state index >= 15 is 0 Å². The van der Waals surface area contributed by atoms with Crippen LogP contribution in [0.15, 0.2) is 18.2 Å². The highest BCUT2D eigenvalue weighted by molar-refractivity contribution is 6.30. The number of hydrogen-bond donors (Lipinski definition) is 1. The Labute approximate surface area is 147 Å². The number of likely N-dealkylation sites (tertiary alicyclic amines) is 1. The first-order valence-corrected chi connectivity index (χ1v) is 8.84. The summed E-state index contributed by atoms with van der Waals surface area (Å²) in [5.74, 6) is 0.293. The molecular weight excluding hydrogens is 326 g/mol. The third-order valence-corrected chi connectivity index (χ3v) is 5.31. The molecule has 2 heterocycles. The van der Waals surface area contributed by atoms with E-state index in [0.717, 1.165) is 24.5 Å². The van der Waals surface area contributed by atoms with Crippen LogP contribution in [0.2, 0.25) is 5.02 Å². The number of carbonyl (C=O) groups is 2. The van der Waals surface area contributed by atoms with Gasteiger partial charge in [-0.2, -0.15) is 0 Å². The van der Waals surface area contributed by atoms with Crippen LogP contribution in [0.3, 0.4) is 0 Å². The number of nitrogens with one attached hydrogen (secondary N) is 1. The Hall–Kier alpha value is -1.75. The van der Waals surface area contributed by atoms with Crippen molar-refractivity contribution in [2.45, 2.75) is 19.8 Å². The van der Waals surface area contributed by atoms with Crippen molar-refractivity contribution in [3.8, 4) is 0 Å². The average molecular weight is 350 g/mol. The minimum Gasteiger partial charge on any atom is -0.371 e. The van der Waals surface area contributed by atoms with Crippen molar-refractivity contribution in [2.24, 2.45) is 11.8 Å². The largest absolute Gasteiger partial charge is 0.371 e. The van der Waals surface area contributed by atoms with Crippen LogP contribution in [0.25, 0.3) is 0 Å². The summed E-state index contributed by atoms with van der Waals surface area (Å²) in [6.45, 7) is 5.19. The van der Waals surface area contributed by atoms with E-state index in [1.807, 2.05) is 18.2 Å². The monoisotopic (exact) mass is 349 g/mol. The summed E-state index contributed by atoms with van der Waals surface area (Å²) in [5.41, 5.74) is 2.40. The van der Waals surface area contributed by atoms with Crippen molar-refractivity contribution >= 4 is 29.1 Å². The Morgan fingerprint density at radius 3 is 2.88 bits per heavy atom. The molecule has 1 aromatic carbocycles. The molecule has 1 aromatic rings. The summed E-state index contributed by atoms with van der Waals surface area (Å²) >= 11 is 6.12. The molecule has 6 heteroatoms. The van der Waals surface area contributed by atoms with Crippen LogP contribution in [0.5, 0.6) is 0 Å². The Morgan fingerprint density at radius 1 is 1.38 bits per heavy atom. The molecule has 2 atom stereocenters. The number of benzene rings is 1. The fourth-order valence-corrected chi connectivity index (χ4v) is 3.74. The third-order valence-electron chi connectivity index (χ3n) is 5.07. The molecule has 2 fully saturated rings. The van der Waals surface area contributed by atoms with Crippen LogP contribution >= 0.6 is 11.6 Å². The summed E-state index contributed by atoms with van der Waals surface area (Å²) < 4.78 is 0. The number of amides is 2. The maximum Gasteiger partial charge on any atom is 0.225 e. The van der Waals surface area contributed by atoms with Crippen molar-refractivity contribution in [1.82, 2.24) is 10.2 Å². The fraction of sp³-hybridized carbons (Fsp3) is 0.556. The van der Waals surface area contributed by atoms with Crippen LogP contribution in [-0.2, 0) is 9.59 Å². The summed E-state index contributed by atoms with van der Waals surface area (Å²) in [5, 5.41) is 3.79. The van der Waals surface area contributed by atoms with E-state index in [9.17, 15) is 9.59 Å². The van der Waals surface area contributed by atoms with Gasteiger partial charge in [0, 0.05) is 50.4 Å². The van der Waals surface area contributed by atoms with Gasteiger partial charge in [0.2, 0.25) is 11.8 Å². The highest BCUT2D eigenvalue weighted by atomic mass is 35.5. The molecule has 2 aliphatic rings. The van der Waals surface area contributed by atoms with E-state index in [2.05, 4.69) is 17.1 Å². The summed E-state index contributed by atoms with van der Waals surface area (Å²) in [4.78, 5) is 27.7. The van der Waals surface area contributed by atoms with Gasteiger partial charge >= 0.3 is 0 Å². The van der Waals surface area contributed by atoms with Gasteiger partial charge in [-0.05, 0) is 37.0 Å². The first kappa shape index (κ1) is 17.1. The molecule has 0 bridgehead atoms. The Bertz CT molecular complexity index is 649. The molecule has 0 aromatic heterocycles. The molecule has 0 unspecified atom stereocenters. The van der Waals surface area contributed by atoms with Gasteiger partial charge in [0.05, 0.1) is 5.92 Å². The zero-order valence-electron chi connectivity index (χ0n) is 14.2. The number of nitrogens with zero attached hydrogens (tertiary/aromatic N) is 2. The normalized spacial score (nSPS) is 23.9. The van der Waals surface area contributed by atoms with Gasteiger partial charge in [-0.3, -0.25) is 9.59 Å². The van der Waals surface area contributed by atoms with Crippen molar-refractivity contribution in [1.29, 1.82) is 0 Å². The van der Waals surface area contributed by atoms with Crippen LogP contribution in [0, 0.1) is 18.8 Å². The fourth-order valence-electron chi connectivity index (χ4n) is 3.57. The number of aryl methyl sites for hydroxylation is 1. The van der Waals surface area contributed by atoms with E-state index < -0.39 is 0 Å². The second kappa shape index (κ2) is 7.01. The van der Waals surface area contributed by atoms with E-state index in [4.69, 9.17) is 11.6 Å². The topological polar surface area (TPSA) is 52.7 Å². The molecule has 5 nitrogen and oxygen atoms in total. The molecule has 2 saturated heterocycles. The molecule has 130 valence electrons. The van der Waals surface area contributed by atoms with Crippen molar-refractivity contribution in [3.63, 3.8) is 0 Å². The van der Waals surface area contributed by atoms with E-state index in [-0.39, 0.29) is 17.7 Å². The lowest BCUT2D eigenvalue weighted by Gasteiger charge is -2.21. The molecule has 2 amide bonds. The van der Waals surface area contributed by atoms with Crippen molar-refractivity contribution in [2.75, 3.05) is 38.1 Å². The van der Waals surface area contributed by atoms with E-state index in [1.165, 1.54) is 11.3 Å². The summed E-state index contributed by atoms with van der Waals surface area (Å²) in [6, 6.07) is 5.96. The van der Waals surface area contributed by atoms with Gasteiger partial charge in [0.1, 0.15) is 0 Å². The van der Waals surface area contributed by atoms with E-state index in [0.29, 0.717) is 25.4 Å². The highest BCUT2D eigenvalue weighted by Gasteiger charge is 2.32. The second-order valence-corrected chi connectivity index (χ2v) is 7.39. The van der Waals surface area contributed by atoms with Gasteiger partial charge in [0.25, 0.3) is 0 Å². The number of hydrogen-bond acceptors (Lipinski definition) is 3. The number of rotatable bonds is 4. The second-order valence-electron chi connectivity index (χ2n) is 6.95. The average Bonchev–Trinajstić information content (AvgIpc) is 3.15. The Morgan fingerprint density at radius 2 is 2.17 bits per heavy atom. The minimum atomic E-state index is -0.199. The number of halogens is 1. The van der Waals surface area contributed by atoms with Gasteiger partial charge in [-0.25, -0.2) is 0 Å². The molecule has 3 rings (SSSR count). The third kappa shape index (κ3) is 3.66. The lowest BCUT2D eigenvalue weighted by Crippen LogP contribution is -2.36. The van der Waals surface area contributed by atoms with Gasteiger partial charge < -0.3 is 15.1 Å². The van der Waals surface area contributed by atoms with Crippen LogP contribution in [0.1, 0.15) is 18.4 Å². The van der Waals surface area contributed by atoms with E-state index in [1.54, 1.807) is 11.9 Å². The van der Waals surface area contributed by atoms with Crippen molar-refractivity contribution < 1.29 is 9.59 Å². The maximum atomic E-state index is 12.2. The van der Waals surface area contributed by atoms with Gasteiger partial charge in [0.15, 0.2) is 0 Å². The zero-order chi connectivity index (χ0) is 17.3. The predicted octanol–water partition coefficient (Wildman–Crippen LogP) is 2.07. The summed E-state index contributed by atoms with van der Waals surface area (Å²) in [7, 11) is 1.75. The van der Waals surface area contributed by atoms with Crippen LogP contribution in [0.4, 0.5) is 5.69 Å². The number of carbonyl (C=O) groups excluding carboxylic acids is 2. The lowest BCUT2D eigenvalue weighted by molar-refractivity contribution is -0.128. The standard InChI is InChI=1S/C18H24ClN3O2/c1-12-3-4-15(19)8-16(12)22-6-5-13(10-22)9-20-18(24)14-7-17(23)21(2)11-14/h3-4,8,13-14H,5-7,9-11H2,1-2H3,(H,20,24)/t13-,14+/m1/s1. The molecule has 0 radical (unpaired) electrons. The molecular formula is C18H24ClN3O2. The predicted molar refractivity (Wildman–Crippen MR) is 95.3 cm³/mol. The Kier molecular flexibility index (Phi) is 4.99. The molecule has 1 N–H and O–H groups in total. The Balaban J connectivity index is 1.51. The number of anilines is 1. The van der Waals surface area contributed by atoms with Crippen LogP contribution in [-0.4, -0.2) is 49.9 Å². The maximum absolute atomic E-state index is 12.2. The molecule has 0 spiro atoms. The molecule has 0 saturated carbocycles. The molecule has 0 aliphatic carbocycles. The quantitative estimate of drug-likeness (QED) is 0.905. The first-order chi connectivity index (χ1) is 11.4.